The summed E-state index contributed by atoms with van der Waals surface area (Å²) in [5, 5.41) is 9.69. The van der Waals surface area contributed by atoms with Crippen molar-refractivity contribution >= 4 is 17.8 Å². The minimum Gasteiger partial charge on any atom is -0.459 e. The van der Waals surface area contributed by atoms with Crippen LogP contribution < -0.4 is 0 Å². The van der Waals surface area contributed by atoms with Crippen molar-refractivity contribution in [3.63, 3.8) is 0 Å². The van der Waals surface area contributed by atoms with Crippen molar-refractivity contribution < 1.29 is 33.8 Å². The van der Waals surface area contributed by atoms with Crippen LogP contribution in [0.4, 0.5) is 0 Å². The summed E-state index contributed by atoms with van der Waals surface area (Å²) in [6, 6.07) is 17.1. The van der Waals surface area contributed by atoms with Crippen LogP contribution in [0.2, 0.25) is 0 Å². The fourth-order valence-corrected chi connectivity index (χ4v) is 4.13. The molecular weight excluding hydrogens is 440 g/mol. The van der Waals surface area contributed by atoms with E-state index in [-0.39, 0.29) is 24.7 Å². The van der Waals surface area contributed by atoms with Gasteiger partial charge in [0.05, 0.1) is 23.3 Å². The van der Waals surface area contributed by atoms with E-state index in [1.54, 1.807) is 78.8 Å². The van der Waals surface area contributed by atoms with Crippen LogP contribution in [0.15, 0.2) is 72.9 Å². The molecule has 0 aromatic heterocycles. The fraction of sp³-hybridized carbons (Fsp3) is 0.320. The van der Waals surface area contributed by atoms with Gasteiger partial charge in [-0.05, 0) is 24.3 Å². The molecule has 4 rings (SSSR count). The summed E-state index contributed by atoms with van der Waals surface area (Å²) in [7, 11) is 3.01. The van der Waals surface area contributed by atoms with Crippen LogP contribution in [0.1, 0.15) is 20.7 Å². The highest BCUT2D eigenvalue weighted by Gasteiger charge is 2.67. The highest BCUT2D eigenvalue weighted by atomic mass is 16.6. The van der Waals surface area contributed by atoms with Crippen LogP contribution in [0.5, 0.6) is 0 Å². The first kappa shape index (κ1) is 23.5. The van der Waals surface area contributed by atoms with E-state index in [2.05, 4.69) is 0 Å². The van der Waals surface area contributed by atoms with E-state index in [4.69, 9.17) is 14.2 Å². The van der Waals surface area contributed by atoms with Gasteiger partial charge in [-0.2, -0.15) is 0 Å². The van der Waals surface area contributed by atoms with Gasteiger partial charge in [0.15, 0.2) is 0 Å². The summed E-state index contributed by atoms with van der Waals surface area (Å²) in [5.41, 5.74) is 0.831. The second kappa shape index (κ2) is 10.1. The Labute approximate surface area is 197 Å². The molecule has 1 N–H and O–H groups in total. The van der Waals surface area contributed by atoms with Crippen molar-refractivity contribution in [3.05, 3.63) is 84.1 Å². The number of benzene rings is 2. The van der Waals surface area contributed by atoms with Crippen molar-refractivity contribution in [2.75, 3.05) is 20.7 Å². The van der Waals surface area contributed by atoms with Crippen LogP contribution in [0.25, 0.3) is 0 Å². The molecule has 2 fully saturated rings. The topological polar surface area (TPSA) is 106 Å². The molecule has 2 aromatic rings. The molecule has 1 aliphatic heterocycles. The molecule has 2 aliphatic rings. The number of esters is 2. The Kier molecular flexibility index (Phi) is 6.95. The van der Waals surface area contributed by atoms with Gasteiger partial charge in [-0.25, -0.2) is 14.7 Å². The normalized spacial score (nSPS) is 24.9. The number of hydrogen-bond donors (Lipinski definition) is 1. The number of nitrogens with zero attached hydrogens (tertiary/aromatic N) is 2. The largest absolute Gasteiger partial charge is 0.459 e. The average Bonchev–Trinajstić information content (AvgIpc) is 3.46. The highest BCUT2D eigenvalue weighted by molar-refractivity contribution is 5.90. The van der Waals surface area contributed by atoms with Crippen LogP contribution in [-0.4, -0.2) is 78.1 Å². The zero-order chi connectivity index (χ0) is 24.2. The number of hydroxylamine groups is 2. The van der Waals surface area contributed by atoms with Gasteiger partial charge in [-0.15, -0.1) is 0 Å². The molecule has 1 aliphatic carbocycles. The molecule has 34 heavy (non-hydrogen) atoms. The lowest BCUT2D eigenvalue weighted by molar-refractivity contribution is -0.153. The smallest absolute Gasteiger partial charge is 0.338 e. The molecule has 1 saturated heterocycles. The third-order valence-electron chi connectivity index (χ3n) is 5.93. The Morgan fingerprint density at radius 2 is 1.56 bits per heavy atom. The summed E-state index contributed by atoms with van der Waals surface area (Å²) in [6.45, 7) is -0.0620. The minimum atomic E-state index is -0.640. The molecule has 0 spiro atoms. The average molecular weight is 466 g/mol. The third kappa shape index (κ3) is 5.11. The van der Waals surface area contributed by atoms with E-state index in [0.717, 1.165) is 0 Å². The lowest BCUT2D eigenvalue weighted by Crippen LogP contribution is -2.39. The van der Waals surface area contributed by atoms with Gasteiger partial charge in [-0.1, -0.05) is 36.4 Å². The maximum atomic E-state index is 12.7. The third-order valence-corrected chi connectivity index (χ3v) is 5.93. The molecule has 9 heteroatoms. The molecule has 1 amide bonds. The number of carbonyl (C=O) groups is 3. The number of hydrogen-bond acceptors (Lipinski definition) is 8. The number of carbonyl (C=O) groups excluding carboxylic acids is 3. The Morgan fingerprint density at radius 1 is 0.971 bits per heavy atom. The van der Waals surface area contributed by atoms with Crippen molar-refractivity contribution in [2.24, 2.45) is 5.92 Å². The Morgan fingerprint density at radius 3 is 2.15 bits per heavy atom. The number of amides is 1. The quantitative estimate of drug-likeness (QED) is 0.273. The van der Waals surface area contributed by atoms with E-state index in [1.807, 2.05) is 0 Å². The van der Waals surface area contributed by atoms with Crippen LogP contribution in [-0.2, 0) is 19.0 Å². The lowest BCUT2D eigenvalue weighted by Gasteiger charge is -2.26. The van der Waals surface area contributed by atoms with Crippen molar-refractivity contribution in [1.82, 2.24) is 9.96 Å². The number of ether oxygens (including phenoxy) is 3. The molecule has 3 unspecified atom stereocenters. The summed E-state index contributed by atoms with van der Waals surface area (Å²) in [4.78, 5) is 38.5. The van der Waals surface area contributed by atoms with Gasteiger partial charge in [0.2, 0.25) is 0 Å². The highest BCUT2D eigenvalue weighted by Crippen LogP contribution is 2.50. The molecular formula is C25H26N2O7. The monoisotopic (exact) mass is 466 g/mol. The maximum Gasteiger partial charge on any atom is 0.338 e. The number of fused-ring (bicyclic) bond motifs is 1. The van der Waals surface area contributed by atoms with Crippen molar-refractivity contribution in [2.45, 2.75) is 24.4 Å². The maximum absolute atomic E-state index is 12.7. The van der Waals surface area contributed by atoms with Gasteiger partial charge >= 0.3 is 11.9 Å². The number of rotatable bonds is 8. The Hall–Kier alpha value is -3.69. The van der Waals surface area contributed by atoms with Gasteiger partial charge < -0.3 is 19.1 Å². The first-order valence-corrected chi connectivity index (χ1v) is 10.9. The van der Waals surface area contributed by atoms with Gasteiger partial charge in [-0.3, -0.25) is 10.0 Å². The first-order chi connectivity index (χ1) is 16.4. The summed E-state index contributed by atoms with van der Waals surface area (Å²) >= 11 is 0. The van der Waals surface area contributed by atoms with Gasteiger partial charge in [0.25, 0.3) is 5.91 Å². The summed E-state index contributed by atoms with van der Waals surface area (Å²) in [5.74, 6) is -1.71. The minimum absolute atomic E-state index is 0.0620. The van der Waals surface area contributed by atoms with Crippen LogP contribution >= 0.6 is 0 Å². The molecule has 0 bridgehead atoms. The molecule has 178 valence electrons. The van der Waals surface area contributed by atoms with E-state index < -0.39 is 30.1 Å². The lowest BCUT2D eigenvalue weighted by atomic mass is 10.1. The van der Waals surface area contributed by atoms with Crippen molar-refractivity contribution in [1.29, 1.82) is 0 Å². The van der Waals surface area contributed by atoms with Crippen molar-refractivity contribution in [3.8, 4) is 0 Å². The van der Waals surface area contributed by atoms with Crippen LogP contribution in [0.3, 0.4) is 0 Å². The fourth-order valence-electron chi connectivity index (χ4n) is 4.13. The summed E-state index contributed by atoms with van der Waals surface area (Å²) < 4.78 is 17.3. The predicted octanol–water partition coefficient (Wildman–Crippen LogP) is 2.13. The predicted molar refractivity (Wildman–Crippen MR) is 120 cm³/mol. The second-order valence-electron chi connectivity index (χ2n) is 8.25. The Bertz CT molecular complexity index is 1060. The van der Waals surface area contributed by atoms with Gasteiger partial charge in [0.1, 0.15) is 18.8 Å². The molecule has 5 atom stereocenters. The zero-order valence-electron chi connectivity index (χ0n) is 18.8. The van der Waals surface area contributed by atoms with E-state index in [0.29, 0.717) is 16.2 Å². The van der Waals surface area contributed by atoms with Gasteiger partial charge in [0, 0.05) is 32.3 Å². The summed E-state index contributed by atoms with van der Waals surface area (Å²) in [6.07, 6.45) is 1.26. The van der Waals surface area contributed by atoms with E-state index >= 15 is 0 Å². The SMILES string of the molecule is CN(O)C(=O)/C=C\N(C)[C@H]1C2O[C@@H](COC(=O)c3ccccc3)C(OC(=O)c3ccccc3)C21. The second-order valence-corrected chi connectivity index (χ2v) is 8.25. The molecule has 9 nitrogen and oxygen atoms in total. The molecule has 0 radical (unpaired) electrons. The van der Waals surface area contributed by atoms with E-state index in [9.17, 15) is 19.6 Å². The molecule has 1 saturated carbocycles. The van der Waals surface area contributed by atoms with E-state index in [1.165, 1.54) is 13.1 Å². The number of likely N-dealkylation sites (N-methyl/N-ethyl adjacent to an activating group) is 2. The Balaban J connectivity index is 1.44. The first-order valence-electron chi connectivity index (χ1n) is 10.9. The zero-order valence-corrected chi connectivity index (χ0v) is 18.8. The molecule has 1 heterocycles. The standard InChI is InChI=1S/C25H26N2O7/c1-26(14-13-19(28)27(2)31)21-20-22(34-25(30)17-11-7-4-8-12-17)18(33-23(20)21)15-32-24(29)16-9-5-3-6-10-16/h3-14,18,20-23,31H,15H2,1-2H3/b14-13-/t18-,20?,21+,22?,23?/m0/s1. The van der Waals surface area contributed by atoms with Crippen LogP contribution in [0, 0.1) is 5.92 Å². The molecule has 2 aromatic carbocycles.